The minimum absolute atomic E-state index is 0.0140. The number of carbonyl (C=O) groups excluding carboxylic acids is 1. The van der Waals surface area contributed by atoms with E-state index in [2.05, 4.69) is 19.2 Å². The Morgan fingerprint density at radius 2 is 2.05 bits per heavy atom. The fourth-order valence-electron chi connectivity index (χ4n) is 1.91. The van der Waals surface area contributed by atoms with Crippen LogP contribution in [0.2, 0.25) is 0 Å². The Morgan fingerprint density at radius 1 is 1.35 bits per heavy atom. The first-order valence-corrected chi connectivity index (χ1v) is 9.25. The second kappa shape index (κ2) is 8.79. The van der Waals surface area contributed by atoms with Gasteiger partial charge in [-0.3, -0.25) is 9.59 Å². The Kier molecular flexibility index (Phi) is 7.76. The summed E-state index contributed by atoms with van der Waals surface area (Å²) in [6.45, 7) is 5.61. The lowest BCUT2D eigenvalue weighted by Gasteiger charge is -2.24. The topological polar surface area (TPSA) is 75.6 Å². The zero-order valence-corrected chi connectivity index (χ0v) is 13.6. The Labute approximate surface area is 128 Å². The van der Waals surface area contributed by atoms with Crippen LogP contribution in [0.5, 0.6) is 0 Å². The lowest BCUT2D eigenvalue weighted by Crippen LogP contribution is -2.34. The molecule has 1 heterocycles. The molecule has 0 spiro atoms. The van der Waals surface area contributed by atoms with Gasteiger partial charge in [-0.2, -0.15) is 0 Å². The van der Waals surface area contributed by atoms with Gasteiger partial charge in [-0.25, -0.2) is 0 Å². The zero-order chi connectivity index (χ0) is 15.0. The third-order valence-electron chi connectivity index (χ3n) is 3.30. The Balaban J connectivity index is 2.02. The van der Waals surface area contributed by atoms with Crippen LogP contribution in [-0.2, 0) is 14.3 Å². The predicted molar refractivity (Wildman–Crippen MR) is 82.9 cm³/mol. The number of hydrogen-bond donors (Lipinski definition) is 2. The maximum atomic E-state index is 11.8. The molecule has 0 saturated carbocycles. The minimum atomic E-state index is -0.773. The molecular formula is C13H23NO4S2. The molecule has 0 aromatic rings. The number of hydrogen-bond acceptors (Lipinski definition) is 5. The standard InChI is InChI=1S/C13H23NO4S2/c1-13(2)4-6-18-10(13)9-11(15)14-5-8-20-19-7-3-12(16)17/h10H,3-9H2,1-2H3,(H,14,15)(H,16,17). The van der Waals surface area contributed by atoms with E-state index in [4.69, 9.17) is 9.84 Å². The van der Waals surface area contributed by atoms with Crippen molar-refractivity contribution in [2.45, 2.75) is 39.2 Å². The molecule has 0 aromatic carbocycles. The number of rotatable bonds is 9. The highest BCUT2D eigenvalue weighted by molar-refractivity contribution is 8.76. The fraction of sp³-hybridized carbons (Fsp3) is 0.846. The number of nitrogens with one attached hydrogen (secondary N) is 1. The number of carboxylic acid groups (broad SMARTS) is 1. The van der Waals surface area contributed by atoms with Crippen LogP contribution in [0.3, 0.4) is 0 Å². The highest BCUT2D eigenvalue weighted by Gasteiger charge is 2.36. The number of carbonyl (C=O) groups is 2. The molecule has 5 nitrogen and oxygen atoms in total. The third-order valence-corrected chi connectivity index (χ3v) is 5.71. The summed E-state index contributed by atoms with van der Waals surface area (Å²) in [5.74, 6) is 0.634. The normalized spacial score (nSPS) is 20.8. The molecule has 7 heteroatoms. The lowest BCUT2D eigenvalue weighted by molar-refractivity contribution is -0.136. The molecule has 0 aliphatic carbocycles. The summed E-state index contributed by atoms with van der Waals surface area (Å²) in [5.41, 5.74) is 0.0821. The van der Waals surface area contributed by atoms with Crippen LogP contribution in [-0.4, -0.2) is 47.7 Å². The molecular weight excluding hydrogens is 298 g/mol. The van der Waals surface area contributed by atoms with Gasteiger partial charge < -0.3 is 15.2 Å². The average molecular weight is 321 g/mol. The molecule has 1 unspecified atom stereocenters. The Hall–Kier alpha value is -0.400. The monoisotopic (exact) mass is 321 g/mol. The third kappa shape index (κ3) is 6.85. The van der Waals surface area contributed by atoms with Crippen molar-refractivity contribution >= 4 is 33.5 Å². The summed E-state index contributed by atoms with van der Waals surface area (Å²) in [6, 6.07) is 0. The van der Waals surface area contributed by atoms with Gasteiger partial charge in [0.15, 0.2) is 0 Å². The van der Waals surface area contributed by atoms with Crippen molar-refractivity contribution in [3.05, 3.63) is 0 Å². The van der Waals surface area contributed by atoms with Gasteiger partial charge in [0.2, 0.25) is 5.91 Å². The van der Waals surface area contributed by atoms with Gasteiger partial charge in [0, 0.05) is 24.7 Å². The van der Waals surface area contributed by atoms with Gasteiger partial charge in [0.05, 0.1) is 18.9 Å². The molecule has 1 saturated heterocycles. The van der Waals surface area contributed by atoms with Gasteiger partial charge in [-0.15, -0.1) is 0 Å². The van der Waals surface area contributed by atoms with Crippen LogP contribution in [0.1, 0.15) is 33.1 Å². The van der Waals surface area contributed by atoms with Gasteiger partial charge in [0.25, 0.3) is 0 Å². The summed E-state index contributed by atoms with van der Waals surface area (Å²) in [5, 5.41) is 11.4. The van der Waals surface area contributed by atoms with Crippen molar-refractivity contribution in [2.24, 2.45) is 5.41 Å². The molecule has 1 aliphatic rings. The highest BCUT2D eigenvalue weighted by atomic mass is 33.1. The van der Waals surface area contributed by atoms with Crippen LogP contribution in [0.15, 0.2) is 0 Å². The molecule has 1 atom stereocenters. The Bertz CT molecular complexity index is 336. The maximum absolute atomic E-state index is 11.8. The average Bonchev–Trinajstić information content (AvgIpc) is 2.67. The fourth-order valence-corrected chi connectivity index (χ4v) is 3.79. The molecule has 116 valence electrons. The molecule has 1 rings (SSSR count). The highest BCUT2D eigenvalue weighted by Crippen LogP contribution is 2.35. The number of carboxylic acids is 1. The number of amides is 1. The summed E-state index contributed by atoms with van der Waals surface area (Å²) in [4.78, 5) is 22.1. The van der Waals surface area contributed by atoms with Crippen LogP contribution in [0, 0.1) is 5.41 Å². The number of aliphatic carboxylic acids is 1. The summed E-state index contributed by atoms with van der Waals surface area (Å²) in [6.07, 6.45) is 1.61. The van der Waals surface area contributed by atoms with E-state index in [1.807, 2.05) is 0 Å². The van der Waals surface area contributed by atoms with E-state index >= 15 is 0 Å². The van der Waals surface area contributed by atoms with E-state index in [0.29, 0.717) is 18.7 Å². The van der Waals surface area contributed by atoms with Gasteiger partial charge in [-0.1, -0.05) is 35.4 Å². The van der Waals surface area contributed by atoms with E-state index in [-0.39, 0.29) is 23.8 Å². The van der Waals surface area contributed by atoms with E-state index in [9.17, 15) is 9.59 Å². The lowest BCUT2D eigenvalue weighted by atomic mass is 9.84. The maximum Gasteiger partial charge on any atom is 0.304 e. The zero-order valence-electron chi connectivity index (χ0n) is 12.0. The van der Waals surface area contributed by atoms with E-state index in [0.717, 1.165) is 18.8 Å². The number of ether oxygens (including phenoxy) is 1. The molecule has 1 aliphatic heterocycles. The molecule has 2 N–H and O–H groups in total. The van der Waals surface area contributed by atoms with E-state index in [1.165, 1.54) is 10.8 Å². The first kappa shape index (κ1) is 17.7. The van der Waals surface area contributed by atoms with E-state index in [1.54, 1.807) is 10.8 Å². The van der Waals surface area contributed by atoms with Crippen molar-refractivity contribution in [3.8, 4) is 0 Å². The second-order valence-corrected chi connectivity index (χ2v) is 8.14. The molecule has 0 bridgehead atoms. The smallest absolute Gasteiger partial charge is 0.304 e. The largest absolute Gasteiger partial charge is 0.481 e. The molecule has 0 aromatic heterocycles. The molecule has 1 fully saturated rings. The second-order valence-electron chi connectivity index (χ2n) is 5.44. The van der Waals surface area contributed by atoms with Crippen LogP contribution in [0.25, 0.3) is 0 Å². The van der Waals surface area contributed by atoms with E-state index < -0.39 is 5.97 Å². The summed E-state index contributed by atoms with van der Waals surface area (Å²) in [7, 11) is 3.11. The van der Waals surface area contributed by atoms with Crippen molar-refractivity contribution in [3.63, 3.8) is 0 Å². The van der Waals surface area contributed by atoms with Crippen molar-refractivity contribution in [2.75, 3.05) is 24.7 Å². The Morgan fingerprint density at radius 3 is 2.65 bits per heavy atom. The minimum Gasteiger partial charge on any atom is -0.481 e. The van der Waals surface area contributed by atoms with Crippen molar-refractivity contribution < 1.29 is 19.4 Å². The molecule has 1 amide bonds. The molecule has 20 heavy (non-hydrogen) atoms. The van der Waals surface area contributed by atoms with Crippen LogP contribution < -0.4 is 5.32 Å². The van der Waals surface area contributed by atoms with Crippen LogP contribution in [0.4, 0.5) is 0 Å². The quantitative estimate of drug-likeness (QED) is 0.501. The first-order valence-electron chi connectivity index (χ1n) is 6.76. The first-order chi connectivity index (χ1) is 9.42. The van der Waals surface area contributed by atoms with Crippen molar-refractivity contribution in [1.29, 1.82) is 0 Å². The van der Waals surface area contributed by atoms with Gasteiger partial charge >= 0.3 is 5.97 Å². The summed E-state index contributed by atoms with van der Waals surface area (Å²) < 4.78 is 5.59. The summed E-state index contributed by atoms with van der Waals surface area (Å²) >= 11 is 0. The molecule has 0 radical (unpaired) electrons. The van der Waals surface area contributed by atoms with Gasteiger partial charge in [0.1, 0.15) is 0 Å². The van der Waals surface area contributed by atoms with Crippen LogP contribution >= 0.6 is 21.6 Å². The SMILES string of the molecule is CC1(C)CCOC1CC(=O)NCCSSCCC(=O)O. The predicted octanol–water partition coefficient (Wildman–Crippen LogP) is 2.16. The van der Waals surface area contributed by atoms with Gasteiger partial charge in [-0.05, 0) is 11.8 Å². The van der Waals surface area contributed by atoms with Crippen molar-refractivity contribution in [1.82, 2.24) is 5.32 Å².